The second-order valence-electron chi connectivity index (χ2n) is 5.87. The number of para-hydroxylation sites is 1. The van der Waals surface area contributed by atoms with Gasteiger partial charge < -0.3 is 14.6 Å². The van der Waals surface area contributed by atoms with Crippen LogP contribution in [0, 0.1) is 0 Å². The lowest BCUT2D eigenvalue weighted by Gasteiger charge is -2.38. The fourth-order valence-electron chi connectivity index (χ4n) is 2.88. The number of nitrogens with one attached hydrogen (secondary N) is 1. The van der Waals surface area contributed by atoms with Crippen molar-refractivity contribution in [3.63, 3.8) is 0 Å². The van der Waals surface area contributed by atoms with Crippen molar-refractivity contribution in [2.45, 2.75) is 12.5 Å². The summed E-state index contributed by atoms with van der Waals surface area (Å²) in [6, 6.07) is 11.8. The number of H-pyrrole nitrogens is 1. The average Bonchev–Trinajstić information content (AvgIpc) is 2.95. The van der Waals surface area contributed by atoms with Gasteiger partial charge >= 0.3 is 0 Å². The van der Waals surface area contributed by atoms with Gasteiger partial charge in [0.25, 0.3) is 0 Å². The molecule has 1 aliphatic heterocycles. The molecule has 0 aliphatic carbocycles. The van der Waals surface area contributed by atoms with Gasteiger partial charge in [0, 0.05) is 23.3 Å². The van der Waals surface area contributed by atoms with E-state index in [2.05, 4.69) is 25.9 Å². The Balaban J connectivity index is 1.35. The highest BCUT2D eigenvalue weighted by molar-refractivity contribution is 9.10. The zero-order chi connectivity index (χ0) is 16.5. The third kappa shape index (κ3) is 2.89. The Hall–Kier alpha value is -2.34. The summed E-state index contributed by atoms with van der Waals surface area (Å²) in [5, 5.41) is 1.11. The molecule has 24 heavy (non-hydrogen) atoms. The maximum atomic E-state index is 12.4. The first-order valence-electron chi connectivity index (χ1n) is 7.80. The molecule has 0 bridgehead atoms. The zero-order valence-electron chi connectivity index (χ0n) is 12.9. The predicted octanol–water partition coefficient (Wildman–Crippen LogP) is 3.16. The molecule has 1 aromatic carbocycles. The monoisotopic (exact) mass is 385 g/mol. The number of rotatable bonds is 4. The predicted molar refractivity (Wildman–Crippen MR) is 94.9 cm³/mol. The van der Waals surface area contributed by atoms with Crippen molar-refractivity contribution < 1.29 is 9.53 Å². The molecule has 6 heteroatoms. The van der Waals surface area contributed by atoms with Gasteiger partial charge in [-0.15, -0.1) is 0 Å². The third-order valence-corrected chi connectivity index (χ3v) is 4.82. The van der Waals surface area contributed by atoms with Crippen molar-refractivity contribution in [2.24, 2.45) is 0 Å². The lowest BCUT2D eigenvalue weighted by atomic mass is 10.1. The van der Waals surface area contributed by atoms with Gasteiger partial charge in [-0.25, -0.2) is 4.98 Å². The summed E-state index contributed by atoms with van der Waals surface area (Å²) in [5.41, 5.74) is 2.09. The van der Waals surface area contributed by atoms with Crippen molar-refractivity contribution in [2.75, 3.05) is 13.1 Å². The standard InChI is InChI=1S/C18H16BrN3O2/c19-15-5-3-7-20-18(15)24-13-10-22(11-13)17(23)8-12-9-21-16-6-2-1-4-14(12)16/h1-7,9,13,21H,8,10-11H2. The van der Waals surface area contributed by atoms with E-state index in [1.165, 1.54) is 0 Å². The zero-order valence-corrected chi connectivity index (χ0v) is 14.5. The maximum absolute atomic E-state index is 12.4. The highest BCUT2D eigenvalue weighted by Gasteiger charge is 2.33. The second kappa shape index (κ2) is 6.28. The first-order valence-corrected chi connectivity index (χ1v) is 8.60. The molecule has 3 aromatic rings. The van der Waals surface area contributed by atoms with Gasteiger partial charge in [0.05, 0.1) is 24.0 Å². The molecule has 0 saturated carbocycles. The number of carbonyl (C=O) groups excluding carboxylic acids is 1. The smallest absolute Gasteiger partial charge is 0.228 e. The fraction of sp³-hybridized carbons (Fsp3) is 0.222. The van der Waals surface area contributed by atoms with E-state index in [9.17, 15) is 4.79 Å². The van der Waals surface area contributed by atoms with Crippen LogP contribution in [0.5, 0.6) is 5.88 Å². The highest BCUT2D eigenvalue weighted by atomic mass is 79.9. The SMILES string of the molecule is O=C(Cc1c[nH]c2ccccc12)N1CC(Oc2ncccc2Br)C1. The van der Waals surface area contributed by atoms with Gasteiger partial charge in [-0.05, 0) is 39.7 Å². The summed E-state index contributed by atoms with van der Waals surface area (Å²) >= 11 is 3.41. The number of pyridine rings is 1. The highest BCUT2D eigenvalue weighted by Crippen LogP contribution is 2.25. The Morgan fingerprint density at radius 2 is 2.12 bits per heavy atom. The number of hydrogen-bond donors (Lipinski definition) is 1. The normalized spacial score (nSPS) is 14.6. The molecule has 1 saturated heterocycles. The molecular formula is C18H16BrN3O2. The van der Waals surface area contributed by atoms with Gasteiger partial charge in [0.1, 0.15) is 6.10 Å². The number of aromatic nitrogens is 2. The number of hydrogen-bond acceptors (Lipinski definition) is 3. The van der Waals surface area contributed by atoms with Gasteiger partial charge in [0.2, 0.25) is 11.8 Å². The van der Waals surface area contributed by atoms with Crippen LogP contribution >= 0.6 is 15.9 Å². The number of ether oxygens (including phenoxy) is 1. The first-order chi connectivity index (χ1) is 11.7. The van der Waals surface area contributed by atoms with E-state index in [4.69, 9.17) is 4.74 Å². The Kier molecular flexibility index (Phi) is 3.98. The van der Waals surface area contributed by atoms with Crippen LogP contribution in [0.2, 0.25) is 0 Å². The molecule has 1 aliphatic rings. The maximum Gasteiger partial charge on any atom is 0.228 e. The summed E-state index contributed by atoms with van der Waals surface area (Å²) in [6.07, 6.45) is 4.02. The molecule has 2 aromatic heterocycles. The fourth-order valence-corrected chi connectivity index (χ4v) is 3.23. The average molecular weight is 386 g/mol. The number of halogens is 1. The first kappa shape index (κ1) is 15.2. The topological polar surface area (TPSA) is 58.2 Å². The van der Waals surface area contributed by atoms with E-state index < -0.39 is 0 Å². The molecule has 1 fully saturated rings. The summed E-state index contributed by atoms with van der Waals surface area (Å²) in [7, 11) is 0. The van der Waals surface area contributed by atoms with Gasteiger partial charge in [-0.3, -0.25) is 4.79 Å². The molecule has 0 atom stereocenters. The minimum atomic E-state index is 0.00289. The van der Waals surface area contributed by atoms with Crippen LogP contribution in [-0.2, 0) is 11.2 Å². The van der Waals surface area contributed by atoms with Gasteiger partial charge in [-0.2, -0.15) is 0 Å². The van der Waals surface area contributed by atoms with Crippen LogP contribution in [0.1, 0.15) is 5.56 Å². The summed E-state index contributed by atoms with van der Waals surface area (Å²) in [4.78, 5) is 21.7. The largest absolute Gasteiger partial charge is 0.470 e. The van der Waals surface area contributed by atoms with E-state index in [-0.39, 0.29) is 12.0 Å². The van der Waals surface area contributed by atoms with Crippen LogP contribution in [0.3, 0.4) is 0 Å². The number of carbonyl (C=O) groups is 1. The van der Waals surface area contributed by atoms with E-state index >= 15 is 0 Å². The van der Waals surface area contributed by atoms with Gasteiger partial charge in [-0.1, -0.05) is 18.2 Å². The summed E-state index contributed by atoms with van der Waals surface area (Å²) < 4.78 is 6.64. The number of fused-ring (bicyclic) bond motifs is 1. The number of nitrogens with zero attached hydrogens (tertiary/aromatic N) is 2. The minimum Gasteiger partial charge on any atom is -0.470 e. The van der Waals surface area contributed by atoms with E-state index in [1.54, 1.807) is 6.20 Å². The van der Waals surface area contributed by atoms with Crippen LogP contribution in [-0.4, -0.2) is 40.0 Å². The van der Waals surface area contributed by atoms with Crippen LogP contribution in [0.25, 0.3) is 10.9 Å². The molecule has 0 unspecified atom stereocenters. The molecular weight excluding hydrogens is 370 g/mol. The van der Waals surface area contributed by atoms with E-state index in [1.807, 2.05) is 47.5 Å². The number of benzene rings is 1. The molecule has 0 radical (unpaired) electrons. The quantitative estimate of drug-likeness (QED) is 0.750. The number of aromatic amines is 1. The summed E-state index contributed by atoms with van der Waals surface area (Å²) in [6.45, 7) is 1.20. The Morgan fingerprint density at radius 1 is 1.29 bits per heavy atom. The molecule has 122 valence electrons. The van der Waals surface area contributed by atoms with Crippen molar-refractivity contribution >= 4 is 32.7 Å². The van der Waals surface area contributed by atoms with Crippen LogP contribution in [0.15, 0.2) is 53.3 Å². The Bertz CT molecular complexity index is 887. The molecule has 1 amide bonds. The molecule has 5 nitrogen and oxygen atoms in total. The van der Waals surface area contributed by atoms with Crippen molar-refractivity contribution in [1.82, 2.24) is 14.9 Å². The van der Waals surface area contributed by atoms with Crippen molar-refractivity contribution in [1.29, 1.82) is 0 Å². The molecule has 1 N–H and O–H groups in total. The van der Waals surface area contributed by atoms with Gasteiger partial charge in [0.15, 0.2) is 0 Å². The Morgan fingerprint density at radius 3 is 2.96 bits per heavy atom. The van der Waals surface area contributed by atoms with E-state index in [0.29, 0.717) is 25.4 Å². The van der Waals surface area contributed by atoms with Crippen molar-refractivity contribution in [3.8, 4) is 5.88 Å². The number of likely N-dealkylation sites (tertiary alicyclic amines) is 1. The van der Waals surface area contributed by atoms with Crippen LogP contribution < -0.4 is 4.74 Å². The number of amides is 1. The lowest BCUT2D eigenvalue weighted by Crippen LogP contribution is -2.56. The third-order valence-electron chi connectivity index (χ3n) is 4.22. The Labute approximate surface area is 147 Å². The second-order valence-corrected chi connectivity index (χ2v) is 6.72. The van der Waals surface area contributed by atoms with Crippen molar-refractivity contribution in [3.05, 3.63) is 58.8 Å². The lowest BCUT2D eigenvalue weighted by molar-refractivity contribution is -0.139. The molecule has 0 spiro atoms. The van der Waals surface area contributed by atoms with E-state index in [0.717, 1.165) is 20.9 Å². The van der Waals surface area contributed by atoms with Crippen LogP contribution in [0.4, 0.5) is 0 Å². The molecule has 3 heterocycles. The minimum absolute atomic E-state index is 0.00289. The summed E-state index contributed by atoms with van der Waals surface area (Å²) in [5.74, 6) is 0.700. The molecule has 4 rings (SSSR count).